The molecule has 23 heavy (non-hydrogen) atoms. The second kappa shape index (κ2) is 6.16. The Morgan fingerprint density at radius 2 is 2.04 bits per heavy atom. The zero-order valence-corrected chi connectivity index (χ0v) is 12.8. The quantitative estimate of drug-likeness (QED) is 0.844. The molecule has 0 spiro atoms. The molecule has 2 heterocycles. The Balaban J connectivity index is 1.54. The van der Waals surface area contributed by atoms with E-state index in [1.165, 1.54) is 0 Å². The third-order valence-electron chi connectivity index (χ3n) is 3.78. The van der Waals surface area contributed by atoms with E-state index in [1.54, 1.807) is 44.2 Å². The highest BCUT2D eigenvalue weighted by molar-refractivity contribution is 5.89. The van der Waals surface area contributed by atoms with Crippen LogP contribution < -0.4 is 0 Å². The largest absolute Gasteiger partial charge is 0.459 e. The van der Waals surface area contributed by atoms with Crippen molar-refractivity contribution in [2.75, 3.05) is 6.61 Å². The molecule has 5 atom stereocenters. The van der Waals surface area contributed by atoms with Gasteiger partial charge >= 0.3 is 5.97 Å². The van der Waals surface area contributed by atoms with E-state index < -0.39 is 42.5 Å². The summed E-state index contributed by atoms with van der Waals surface area (Å²) in [5.74, 6) is -1.51. The van der Waals surface area contributed by atoms with Crippen LogP contribution in [0, 0.1) is 0 Å². The number of halogens is 1. The molecule has 0 radical (unpaired) electrons. The zero-order valence-electron chi connectivity index (χ0n) is 12.8. The van der Waals surface area contributed by atoms with Crippen molar-refractivity contribution in [2.24, 2.45) is 0 Å². The van der Waals surface area contributed by atoms with Gasteiger partial charge in [0.15, 0.2) is 18.2 Å². The van der Waals surface area contributed by atoms with E-state index in [2.05, 4.69) is 0 Å². The van der Waals surface area contributed by atoms with Crippen LogP contribution in [0.2, 0.25) is 0 Å². The number of rotatable bonds is 4. The molecule has 2 aliphatic rings. The number of hydrogen-bond donors (Lipinski definition) is 1. The van der Waals surface area contributed by atoms with Crippen LogP contribution in [0.5, 0.6) is 0 Å². The Hall–Kier alpha value is -1.54. The summed E-state index contributed by atoms with van der Waals surface area (Å²) in [5.41, 5.74) is 0.356. The summed E-state index contributed by atoms with van der Waals surface area (Å²) in [7, 11) is 0. The van der Waals surface area contributed by atoms with Crippen molar-refractivity contribution in [1.29, 1.82) is 0 Å². The van der Waals surface area contributed by atoms with Crippen molar-refractivity contribution in [3.05, 3.63) is 35.9 Å². The van der Waals surface area contributed by atoms with Crippen molar-refractivity contribution in [3.8, 4) is 0 Å². The van der Waals surface area contributed by atoms with Gasteiger partial charge in [0.05, 0.1) is 5.56 Å². The first-order valence-corrected chi connectivity index (χ1v) is 7.43. The first-order valence-electron chi connectivity index (χ1n) is 7.43. The number of aliphatic hydroxyl groups excluding tert-OH is 1. The third kappa shape index (κ3) is 3.37. The summed E-state index contributed by atoms with van der Waals surface area (Å²) < 4.78 is 35.6. The normalized spacial score (nSPS) is 33.2. The first-order chi connectivity index (χ1) is 10.9. The minimum Gasteiger partial charge on any atom is -0.459 e. The molecular formula is C16H19FO6. The Morgan fingerprint density at radius 3 is 2.70 bits per heavy atom. The van der Waals surface area contributed by atoms with Gasteiger partial charge < -0.3 is 24.1 Å². The molecule has 6 nitrogen and oxygen atoms in total. The number of carbonyl (C=O) groups is 1. The lowest BCUT2D eigenvalue weighted by atomic mass is 10.1. The van der Waals surface area contributed by atoms with Gasteiger partial charge in [-0.05, 0) is 26.0 Å². The Kier molecular flexibility index (Phi) is 4.37. The lowest BCUT2D eigenvalue weighted by Crippen LogP contribution is -2.41. The lowest BCUT2D eigenvalue weighted by molar-refractivity contribution is -0.222. The number of hydrogen-bond acceptors (Lipinski definition) is 6. The van der Waals surface area contributed by atoms with Gasteiger partial charge in [-0.25, -0.2) is 9.18 Å². The van der Waals surface area contributed by atoms with Gasteiger partial charge in [-0.15, -0.1) is 0 Å². The van der Waals surface area contributed by atoms with Gasteiger partial charge in [-0.2, -0.15) is 0 Å². The lowest BCUT2D eigenvalue weighted by Gasteiger charge is -2.24. The number of carbonyl (C=O) groups excluding carboxylic acids is 1. The van der Waals surface area contributed by atoms with Crippen molar-refractivity contribution >= 4 is 5.97 Å². The predicted molar refractivity (Wildman–Crippen MR) is 76.3 cm³/mol. The second-order valence-electron chi connectivity index (χ2n) is 6.05. The molecule has 1 unspecified atom stereocenters. The Bertz CT molecular complexity index is 563. The summed E-state index contributed by atoms with van der Waals surface area (Å²) in [6, 6.07) is 8.34. The van der Waals surface area contributed by atoms with Crippen LogP contribution in [0.4, 0.5) is 4.39 Å². The number of aliphatic hydroxyl groups is 1. The second-order valence-corrected chi connectivity index (χ2v) is 6.05. The van der Waals surface area contributed by atoms with Gasteiger partial charge in [0.25, 0.3) is 0 Å². The van der Waals surface area contributed by atoms with E-state index in [9.17, 15) is 14.3 Å². The third-order valence-corrected chi connectivity index (χ3v) is 3.78. The summed E-state index contributed by atoms with van der Waals surface area (Å²) in [6.07, 6.45) is -5.80. The highest BCUT2D eigenvalue weighted by Gasteiger charge is 2.57. The maximum atomic E-state index is 14.4. The Morgan fingerprint density at radius 1 is 1.35 bits per heavy atom. The van der Waals surface area contributed by atoms with E-state index in [0.29, 0.717) is 5.56 Å². The first kappa shape index (κ1) is 16.3. The minimum absolute atomic E-state index is 0.356. The van der Waals surface area contributed by atoms with Gasteiger partial charge in [0.2, 0.25) is 0 Å². The molecule has 0 saturated carbocycles. The van der Waals surface area contributed by atoms with Crippen molar-refractivity contribution < 1.29 is 33.2 Å². The monoisotopic (exact) mass is 326 g/mol. The fraction of sp³-hybridized carbons (Fsp3) is 0.562. The highest BCUT2D eigenvalue weighted by atomic mass is 19.1. The molecule has 1 aromatic carbocycles. The number of fused-ring (bicyclic) bond motifs is 1. The van der Waals surface area contributed by atoms with Crippen LogP contribution in [0.25, 0.3) is 0 Å². The Labute approximate surface area is 133 Å². The topological polar surface area (TPSA) is 74.2 Å². The number of esters is 1. The average Bonchev–Trinajstić information content (AvgIpc) is 2.99. The molecule has 1 N–H and O–H groups in total. The molecule has 1 aromatic rings. The summed E-state index contributed by atoms with van der Waals surface area (Å²) in [5, 5.41) is 10.0. The maximum absolute atomic E-state index is 14.4. The molecule has 7 heteroatoms. The van der Waals surface area contributed by atoms with Gasteiger partial charge in [-0.1, -0.05) is 18.2 Å². The molecule has 2 aliphatic heterocycles. The van der Waals surface area contributed by atoms with E-state index in [0.717, 1.165) is 0 Å². The maximum Gasteiger partial charge on any atom is 0.338 e. The van der Waals surface area contributed by atoms with Crippen molar-refractivity contribution in [1.82, 2.24) is 0 Å². The van der Waals surface area contributed by atoms with E-state index in [-0.39, 0.29) is 6.61 Å². The fourth-order valence-electron chi connectivity index (χ4n) is 2.71. The van der Waals surface area contributed by atoms with Crippen LogP contribution >= 0.6 is 0 Å². The average molecular weight is 326 g/mol. The molecular weight excluding hydrogens is 307 g/mol. The molecule has 3 rings (SSSR count). The number of alkyl halides is 1. The standard InChI is InChI=1S/C16H19FO6/c1-16(2)22-13-11(17)12(21-15(13)23-16)10(18)8-20-14(19)9-6-4-3-5-7-9/h3-7,10-13,15,18H,8H2,1-2H3/t10-,11+,12-,13-,15?/m1/s1. The van der Waals surface area contributed by atoms with E-state index in [4.69, 9.17) is 18.9 Å². The molecule has 2 fully saturated rings. The smallest absolute Gasteiger partial charge is 0.338 e. The van der Waals surface area contributed by atoms with Crippen LogP contribution in [-0.4, -0.2) is 54.2 Å². The molecule has 0 aliphatic carbocycles. The summed E-state index contributed by atoms with van der Waals surface area (Å²) >= 11 is 0. The minimum atomic E-state index is -1.56. The molecule has 2 saturated heterocycles. The molecule has 0 bridgehead atoms. The van der Waals surface area contributed by atoms with Crippen LogP contribution in [0.1, 0.15) is 24.2 Å². The van der Waals surface area contributed by atoms with E-state index in [1.807, 2.05) is 0 Å². The van der Waals surface area contributed by atoms with Gasteiger partial charge in [0.1, 0.15) is 24.9 Å². The fourth-order valence-corrected chi connectivity index (χ4v) is 2.71. The molecule has 0 amide bonds. The number of ether oxygens (including phenoxy) is 4. The van der Waals surface area contributed by atoms with Gasteiger partial charge in [-0.3, -0.25) is 0 Å². The number of benzene rings is 1. The zero-order chi connectivity index (χ0) is 16.6. The van der Waals surface area contributed by atoms with E-state index >= 15 is 0 Å². The van der Waals surface area contributed by atoms with Gasteiger partial charge in [0, 0.05) is 0 Å². The molecule has 126 valence electrons. The van der Waals surface area contributed by atoms with Crippen molar-refractivity contribution in [2.45, 2.75) is 50.4 Å². The van der Waals surface area contributed by atoms with Crippen LogP contribution in [0.15, 0.2) is 30.3 Å². The summed E-state index contributed by atoms with van der Waals surface area (Å²) in [6.45, 7) is 2.95. The SMILES string of the molecule is CC1(C)OC2O[C@H]([C@H](O)COC(=O)c3ccccc3)[C@H](F)[C@H]2O1. The van der Waals surface area contributed by atoms with Crippen molar-refractivity contribution in [3.63, 3.8) is 0 Å². The molecule has 0 aromatic heterocycles. The van der Waals surface area contributed by atoms with Crippen LogP contribution in [-0.2, 0) is 18.9 Å². The highest BCUT2D eigenvalue weighted by Crippen LogP contribution is 2.39. The summed E-state index contributed by atoms with van der Waals surface area (Å²) in [4.78, 5) is 11.8. The predicted octanol–water partition coefficient (Wildman–Crippen LogP) is 1.42. The van der Waals surface area contributed by atoms with Crippen LogP contribution in [0.3, 0.4) is 0 Å².